The molecule has 2 aromatic heterocycles. The predicted molar refractivity (Wildman–Crippen MR) is 84.1 cm³/mol. The summed E-state index contributed by atoms with van der Waals surface area (Å²) >= 11 is 1.72. The normalized spacial score (nSPS) is 12.7. The van der Waals surface area contributed by atoms with Crippen LogP contribution in [-0.4, -0.2) is 17.0 Å². The molecule has 3 nitrogen and oxygen atoms in total. The highest BCUT2D eigenvalue weighted by atomic mass is 32.1. The first-order valence-electron chi connectivity index (χ1n) is 6.69. The van der Waals surface area contributed by atoms with Gasteiger partial charge in [0.05, 0.1) is 10.5 Å². The van der Waals surface area contributed by atoms with E-state index in [2.05, 4.69) is 32.8 Å². The lowest BCUT2D eigenvalue weighted by atomic mass is 10.0. The molecule has 1 aromatic carbocycles. The number of benzene rings is 1. The van der Waals surface area contributed by atoms with Crippen LogP contribution in [0.3, 0.4) is 0 Å². The van der Waals surface area contributed by atoms with Gasteiger partial charge in [0.15, 0.2) is 0 Å². The Labute approximate surface area is 122 Å². The minimum atomic E-state index is 0.248. The number of likely N-dealkylation sites (N-methyl/N-ethyl adjacent to an activating group) is 1. The number of hydrogen-bond acceptors (Lipinski definition) is 4. The number of para-hydroxylation sites is 1. The fraction of sp³-hybridized carbons (Fsp3) is 0.250. The van der Waals surface area contributed by atoms with Crippen LogP contribution in [0.4, 0.5) is 0 Å². The SMILES string of the molecule is CNC(Cc1nc(C)cs1)c1cnc2ccccc2c1. The van der Waals surface area contributed by atoms with E-state index in [9.17, 15) is 0 Å². The van der Waals surface area contributed by atoms with Crippen molar-refractivity contribution < 1.29 is 0 Å². The Hall–Kier alpha value is -1.78. The zero-order valence-electron chi connectivity index (χ0n) is 11.6. The van der Waals surface area contributed by atoms with E-state index in [1.807, 2.05) is 38.4 Å². The molecule has 1 unspecified atom stereocenters. The lowest BCUT2D eigenvalue weighted by molar-refractivity contribution is 0.589. The number of aromatic nitrogens is 2. The van der Waals surface area contributed by atoms with Crippen LogP contribution < -0.4 is 5.32 Å². The second-order valence-electron chi connectivity index (χ2n) is 4.89. The number of thiazole rings is 1. The Morgan fingerprint density at radius 2 is 2.15 bits per heavy atom. The van der Waals surface area contributed by atoms with E-state index >= 15 is 0 Å². The smallest absolute Gasteiger partial charge is 0.0947 e. The first-order chi connectivity index (χ1) is 9.76. The van der Waals surface area contributed by atoms with E-state index in [-0.39, 0.29) is 6.04 Å². The first-order valence-corrected chi connectivity index (χ1v) is 7.57. The molecule has 0 radical (unpaired) electrons. The van der Waals surface area contributed by atoms with Crippen molar-refractivity contribution in [1.29, 1.82) is 0 Å². The molecule has 102 valence electrons. The molecule has 0 amide bonds. The van der Waals surface area contributed by atoms with Gasteiger partial charge in [0, 0.05) is 35.1 Å². The molecule has 1 atom stereocenters. The van der Waals surface area contributed by atoms with Crippen LogP contribution in [0.2, 0.25) is 0 Å². The Bertz CT molecular complexity index is 720. The van der Waals surface area contributed by atoms with Crippen LogP contribution in [0, 0.1) is 6.92 Å². The fourth-order valence-electron chi connectivity index (χ4n) is 2.34. The number of aryl methyl sites for hydroxylation is 1. The quantitative estimate of drug-likeness (QED) is 0.796. The summed E-state index contributed by atoms with van der Waals surface area (Å²) in [5.41, 5.74) is 3.34. The molecule has 0 aliphatic rings. The van der Waals surface area contributed by atoms with Crippen LogP contribution in [0.15, 0.2) is 41.9 Å². The fourth-order valence-corrected chi connectivity index (χ4v) is 3.16. The monoisotopic (exact) mass is 283 g/mol. The molecule has 0 aliphatic carbocycles. The molecule has 0 fully saturated rings. The van der Waals surface area contributed by atoms with E-state index in [1.165, 1.54) is 10.9 Å². The van der Waals surface area contributed by atoms with Crippen molar-refractivity contribution in [2.75, 3.05) is 7.05 Å². The average molecular weight is 283 g/mol. The van der Waals surface area contributed by atoms with Gasteiger partial charge in [-0.1, -0.05) is 18.2 Å². The molecule has 0 saturated carbocycles. The van der Waals surface area contributed by atoms with Crippen molar-refractivity contribution in [3.05, 3.63) is 58.2 Å². The largest absolute Gasteiger partial charge is 0.313 e. The summed E-state index contributed by atoms with van der Waals surface area (Å²) in [6, 6.07) is 10.7. The van der Waals surface area contributed by atoms with Gasteiger partial charge in [-0.15, -0.1) is 11.3 Å². The van der Waals surface area contributed by atoms with E-state index in [4.69, 9.17) is 0 Å². The summed E-state index contributed by atoms with van der Waals surface area (Å²) in [5, 5.41) is 7.81. The molecule has 3 aromatic rings. The lowest BCUT2D eigenvalue weighted by Crippen LogP contribution is -2.19. The van der Waals surface area contributed by atoms with Gasteiger partial charge in [-0.05, 0) is 31.7 Å². The first kappa shape index (κ1) is 13.2. The third-order valence-electron chi connectivity index (χ3n) is 3.41. The summed E-state index contributed by atoms with van der Waals surface area (Å²) < 4.78 is 0. The molecule has 20 heavy (non-hydrogen) atoms. The number of hydrogen-bond donors (Lipinski definition) is 1. The maximum absolute atomic E-state index is 4.54. The lowest BCUT2D eigenvalue weighted by Gasteiger charge is -2.15. The summed E-state index contributed by atoms with van der Waals surface area (Å²) in [6.07, 6.45) is 2.86. The summed E-state index contributed by atoms with van der Waals surface area (Å²) in [4.78, 5) is 9.08. The molecular formula is C16H17N3S. The zero-order valence-corrected chi connectivity index (χ0v) is 12.4. The zero-order chi connectivity index (χ0) is 13.9. The van der Waals surface area contributed by atoms with Crippen LogP contribution in [0.25, 0.3) is 10.9 Å². The predicted octanol–water partition coefficient (Wildman–Crippen LogP) is 3.50. The van der Waals surface area contributed by atoms with Gasteiger partial charge in [-0.3, -0.25) is 4.98 Å². The van der Waals surface area contributed by atoms with Gasteiger partial charge < -0.3 is 5.32 Å². The van der Waals surface area contributed by atoms with Crippen molar-refractivity contribution in [1.82, 2.24) is 15.3 Å². The summed E-state index contributed by atoms with van der Waals surface area (Å²) in [5.74, 6) is 0. The van der Waals surface area contributed by atoms with Gasteiger partial charge in [-0.2, -0.15) is 0 Å². The van der Waals surface area contributed by atoms with Gasteiger partial charge >= 0.3 is 0 Å². The van der Waals surface area contributed by atoms with Gasteiger partial charge in [-0.25, -0.2) is 4.98 Å². The Balaban J connectivity index is 1.90. The minimum Gasteiger partial charge on any atom is -0.313 e. The highest BCUT2D eigenvalue weighted by Crippen LogP contribution is 2.22. The number of nitrogens with zero attached hydrogens (tertiary/aromatic N) is 2. The maximum Gasteiger partial charge on any atom is 0.0947 e. The third kappa shape index (κ3) is 2.71. The van der Waals surface area contributed by atoms with E-state index in [0.717, 1.165) is 22.6 Å². The summed E-state index contributed by atoms with van der Waals surface area (Å²) in [7, 11) is 1.99. The maximum atomic E-state index is 4.54. The van der Waals surface area contributed by atoms with Crippen molar-refractivity contribution in [2.45, 2.75) is 19.4 Å². The average Bonchev–Trinajstić information content (AvgIpc) is 2.89. The number of rotatable bonds is 4. The van der Waals surface area contributed by atoms with Crippen LogP contribution in [0.1, 0.15) is 22.3 Å². The number of pyridine rings is 1. The van der Waals surface area contributed by atoms with Gasteiger partial charge in [0.25, 0.3) is 0 Å². The topological polar surface area (TPSA) is 37.8 Å². The van der Waals surface area contributed by atoms with Crippen LogP contribution in [-0.2, 0) is 6.42 Å². The molecule has 1 N–H and O–H groups in total. The van der Waals surface area contributed by atoms with Crippen molar-refractivity contribution >= 4 is 22.2 Å². The van der Waals surface area contributed by atoms with E-state index in [0.29, 0.717) is 0 Å². The minimum absolute atomic E-state index is 0.248. The second kappa shape index (κ2) is 5.69. The van der Waals surface area contributed by atoms with Crippen LogP contribution in [0.5, 0.6) is 0 Å². The van der Waals surface area contributed by atoms with Gasteiger partial charge in [0.1, 0.15) is 0 Å². The third-order valence-corrected chi connectivity index (χ3v) is 4.40. The standard InChI is InChI=1S/C16H17N3S/c1-11-10-20-16(19-11)8-15(17-2)13-7-12-5-3-4-6-14(12)18-9-13/h3-7,9-10,15,17H,8H2,1-2H3. The number of nitrogens with one attached hydrogen (secondary N) is 1. The molecule has 0 saturated heterocycles. The van der Waals surface area contributed by atoms with E-state index in [1.54, 1.807) is 11.3 Å². The van der Waals surface area contributed by atoms with Crippen molar-refractivity contribution in [3.8, 4) is 0 Å². The molecule has 0 aliphatic heterocycles. The molecule has 0 bridgehead atoms. The molecular weight excluding hydrogens is 266 g/mol. The Kier molecular flexibility index (Phi) is 3.76. The van der Waals surface area contributed by atoms with E-state index < -0.39 is 0 Å². The highest BCUT2D eigenvalue weighted by molar-refractivity contribution is 7.09. The highest BCUT2D eigenvalue weighted by Gasteiger charge is 2.13. The molecule has 4 heteroatoms. The number of fused-ring (bicyclic) bond motifs is 1. The van der Waals surface area contributed by atoms with Gasteiger partial charge in [0.2, 0.25) is 0 Å². The summed E-state index contributed by atoms with van der Waals surface area (Å²) in [6.45, 7) is 2.03. The Morgan fingerprint density at radius 3 is 2.90 bits per heavy atom. The van der Waals surface area contributed by atoms with Crippen molar-refractivity contribution in [2.24, 2.45) is 0 Å². The van der Waals surface area contributed by atoms with Crippen LogP contribution >= 0.6 is 11.3 Å². The Morgan fingerprint density at radius 1 is 1.30 bits per heavy atom. The molecule has 0 spiro atoms. The molecule has 3 rings (SSSR count). The second-order valence-corrected chi connectivity index (χ2v) is 5.83. The molecule has 2 heterocycles. The van der Waals surface area contributed by atoms with Crippen molar-refractivity contribution in [3.63, 3.8) is 0 Å².